The van der Waals surface area contributed by atoms with Crippen LogP contribution in [0, 0.1) is 0 Å². The quantitative estimate of drug-likeness (QED) is 0.173. The van der Waals surface area contributed by atoms with Crippen molar-refractivity contribution in [3.05, 3.63) is 107 Å². The fourth-order valence-electron chi connectivity index (χ4n) is 4.33. The number of rotatable bonds is 8. The number of fused-ring (bicyclic) bond motifs is 1. The lowest BCUT2D eigenvalue weighted by Crippen LogP contribution is -2.54. The number of thiocarbonyl (C=S) groups is 1. The molecule has 0 saturated carbocycles. The van der Waals surface area contributed by atoms with E-state index >= 15 is 0 Å². The number of benzene rings is 4. The van der Waals surface area contributed by atoms with Crippen LogP contribution in [0.3, 0.4) is 0 Å². The van der Waals surface area contributed by atoms with E-state index in [2.05, 4.69) is 17.4 Å². The number of ether oxygens (including phenoxy) is 2. The second-order valence-electron chi connectivity index (χ2n) is 8.92. The topological polar surface area (TPSA) is 105 Å². The molecule has 0 aliphatic carbocycles. The third-order valence-electron chi connectivity index (χ3n) is 6.24. The molecule has 0 atom stereocenters. The normalized spacial score (nSPS) is 14.4. The van der Waals surface area contributed by atoms with Crippen LogP contribution in [0.1, 0.15) is 28.4 Å². The van der Waals surface area contributed by atoms with Crippen LogP contribution >= 0.6 is 12.2 Å². The first-order valence-electron chi connectivity index (χ1n) is 12.5. The summed E-state index contributed by atoms with van der Waals surface area (Å²) in [7, 11) is 0. The Morgan fingerprint density at radius 2 is 1.73 bits per heavy atom. The summed E-state index contributed by atoms with van der Waals surface area (Å²) in [6.45, 7) is 2.56. The van der Waals surface area contributed by atoms with Gasteiger partial charge in [-0.3, -0.25) is 19.8 Å². The van der Waals surface area contributed by atoms with Gasteiger partial charge in [-0.2, -0.15) is 0 Å². The number of carbonyl (C=O) groups excluding carboxylic acids is 2. The van der Waals surface area contributed by atoms with Crippen molar-refractivity contribution in [3.8, 4) is 11.5 Å². The highest BCUT2D eigenvalue weighted by molar-refractivity contribution is 7.80. The van der Waals surface area contributed by atoms with Crippen LogP contribution in [-0.2, 0) is 16.2 Å². The zero-order valence-corrected chi connectivity index (χ0v) is 22.2. The van der Waals surface area contributed by atoms with Gasteiger partial charge in [0.1, 0.15) is 12.2 Å². The summed E-state index contributed by atoms with van der Waals surface area (Å²) in [4.78, 5) is 38.6. The minimum atomic E-state index is -1.15. The summed E-state index contributed by atoms with van der Waals surface area (Å²) in [5.41, 5.74) is 1.58. The van der Waals surface area contributed by atoms with Crippen LogP contribution < -0.4 is 19.7 Å². The van der Waals surface area contributed by atoms with E-state index in [1.807, 2.05) is 37.3 Å². The minimum absolute atomic E-state index is 0.0174. The first-order chi connectivity index (χ1) is 19.3. The zero-order chi connectivity index (χ0) is 28.2. The molecule has 5 rings (SSSR count). The molecule has 8 nitrogen and oxygen atoms in total. The lowest BCUT2D eigenvalue weighted by atomic mass is 10.1. The maximum atomic E-state index is 13.4. The second-order valence-corrected chi connectivity index (χ2v) is 9.31. The first kappa shape index (κ1) is 26.6. The largest absolute Gasteiger partial charge is 0.490 e. The summed E-state index contributed by atoms with van der Waals surface area (Å²) < 4.78 is 11.9. The predicted octanol–water partition coefficient (Wildman–Crippen LogP) is 5.35. The maximum Gasteiger partial charge on any atom is 0.335 e. The highest BCUT2D eigenvalue weighted by atomic mass is 32.1. The molecule has 1 fully saturated rings. The molecule has 2 N–H and O–H groups in total. The van der Waals surface area contributed by atoms with Crippen LogP contribution in [0.4, 0.5) is 5.69 Å². The highest BCUT2D eigenvalue weighted by Crippen LogP contribution is 2.31. The van der Waals surface area contributed by atoms with Gasteiger partial charge in [-0.05, 0) is 83.5 Å². The Hall–Kier alpha value is -5.02. The Labute approximate surface area is 235 Å². The molecule has 0 unspecified atom stereocenters. The summed E-state index contributed by atoms with van der Waals surface area (Å²) in [5, 5.41) is 14.0. The number of carboxylic acids is 1. The van der Waals surface area contributed by atoms with Crippen molar-refractivity contribution < 1.29 is 29.0 Å². The minimum Gasteiger partial charge on any atom is -0.490 e. The van der Waals surface area contributed by atoms with Crippen LogP contribution in [0.2, 0.25) is 0 Å². The molecule has 4 aromatic rings. The predicted molar refractivity (Wildman–Crippen MR) is 155 cm³/mol. The van der Waals surface area contributed by atoms with Crippen molar-refractivity contribution in [2.24, 2.45) is 0 Å². The van der Waals surface area contributed by atoms with Gasteiger partial charge in [0.15, 0.2) is 16.6 Å². The Kier molecular flexibility index (Phi) is 7.56. The van der Waals surface area contributed by atoms with Crippen LogP contribution in [0.25, 0.3) is 16.8 Å². The average molecular weight is 553 g/mol. The van der Waals surface area contributed by atoms with Gasteiger partial charge in [-0.1, -0.05) is 48.5 Å². The van der Waals surface area contributed by atoms with E-state index in [0.717, 1.165) is 21.2 Å². The number of aromatic carboxylic acids is 1. The average Bonchev–Trinajstić information content (AvgIpc) is 2.95. The fourth-order valence-corrected chi connectivity index (χ4v) is 4.61. The van der Waals surface area contributed by atoms with Gasteiger partial charge in [0.2, 0.25) is 0 Å². The van der Waals surface area contributed by atoms with Gasteiger partial charge in [-0.25, -0.2) is 4.79 Å². The Morgan fingerprint density at radius 3 is 2.50 bits per heavy atom. The number of hydrogen-bond donors (Lipinski definition) is 2. The SMILES string of the molecule is CCOc1cc(C=C2C(=O)NC(=S)N(c3cccc(C(=O)O)c3)C2=O)ccc1OCc1ccc2ccccc2c1. The summed E-state index contributed by atoms with van der Waals surface area (Å²) >= 11 is 5.22. The van der Waals surface area contributed by atoms with Crippen LogP contribution in [-0.4, -0.2) is 34.6 Å². The third-order valence-corrected chi connectivity index (χ3v) is 6.52. The number of amides is 2. The Morgan fingerprint density at radius 1 is 0.925 bits per heavy atom. The van der Waals surface area contributed by atoms with Gasteiger partial charge in [0.05, 0.1) is 17.9 Å². The van der Waals surface area contributed by atoms with Gasteiger partial charge in [-0.15, -0.1) is 0 Å². The lowest BCUT2D eigenvalue weighted by Gasteiger charge is -2.29. The fraction of sp³-hybridized carbons (Fsp3) is 0.0968. The number of hydrogen-bond acceptors (Lipinski definition) is 6. The number of carbonyl (C=O) groups is 3. The maximum absolute atomic E-state index is 13.4. The molecule has 200 valence electrons. The summed E-state index contributed by atoms with van der Waals surface area (Å²) in [6.07, 6.45) is 1.43. The van der Waals surface area contributed by atoms with E-state index in [9.17, 15) is 19.5 Å². The molecule has 0 spiro atoms. The van der Waals surface area contributed by atoms with Crippen molar-refractivity contribution in [2.45, 2.75) is 13.5 Å². The van der Waals surface area contributed by atoms with Crippen molar-refractivity contribution in [2.75, 3.05) is 11.5 Å². The standard InChI is InChI=1S/C31H24N2O6S/c1-2-38-27-16-19(11-13-26(27)39-18-20-10-12-21-6-3-4-7-22(21)14-20)15-25-28(34)32-31(40)33(29(25)35)24-9-5-8-23(17-24)30(36)37/h3-17H,2,18H2,1H3,(H,36,37)(H,32,34,40). The van der Waals surface area contributed by atoms with Crippen molar-refractivity contribution in [1.82, 2.24) is 5.32 Å². The van der Waals surface area contributed by atoms with Gasteiger partial charge in [0, 0.05) is 0 Å². The van der Waals surface area contributed by atoms with E-state index in [-0.39, 0.29) is 21.9 Å². The molecule has 0 bridgehead atoms. The Bertz CT molecular complexity index is 1700. The third kappa shape index (κ3) is 5.55. The van der Waals surface area contributed by atoms with Gasteiger partial charge in [0.25, 0.3) is 11.8 Å². The van der Waals surface area contributed by atoms with E-state index < -0.39 is 17.8 Å². The zero-order valence-electron chi connectivity index (χ0n) is 21.4. The molecule has 1 aliphatic heterocycles. The number of nitrogens with zero attached hydrogens (tertiary/aromatic N) is 1. The molecule has 4 aromatic carbocycles. The molecule has 1 heterocycles. The molecule has 0 radical (unpaired) electrons. The van der Waals surface area contributed by atoms with E-state index in [1.54, 1.807) is 24.3 Å². The van der Waals surface area contributed by atoms with Crippen molar-refractivity contribution >= 4 is 57.6 Å². The van der Waals surface area contributed by atoms with Crippen LogP contribution in [0.15, 0.2) is 90.5 Å². The molecular weight excluding hydrogens is 528 g/mol. The summed E-state index contributed by atoms with van der Waals surface area (Å²) in [6, 6.07) is 25.1. The molecule has 2 amide bonds. The van der Waals surface area contributed by atoms with Gasteiger partial charge >= 0.3 is 5.97 Å². The number of carboxylic acid groups (broad SMARTS) is 1. The molecule has 1 saturated heterocycles. The molecule has 1 aliphatic rings. The molecular formula is C31H24N2O6S. The number of nitrogens with one attached hydrogen (secondary N) is 1. The summed E-state index contributed by atoms with van der Waals surface area (Å²) in [5.74, 6) is -1.50. The highest BCUT2D eigenvalue weighted by Gasteiger charge is 2.34. The van der Waals surface area contributed by atoms with Crippen LogP contribution in [0.5, 0.6) is 11.5 Å². The lowest BCUT2D eigenvalue weighted by molar-refractivity contribution is -0.122. The monoisotopic (exact) mass is 552 g/mol. The molecule has 0 aromatic heterocycles. The van der Waals surface area contributed by atoms with Gasteiger partial charge < -0.3 is 14.6 Å². The van der Waals surface area contributed by atoms with Crippen molar-refractivity contribution in [3.63, 3.8) is 0 Å². The second kappa shape index (κ2) is 11.4. The Balaban J connectivity index is 1.40. The smallest absolute Gasteiger partial charge is 0.335 e. The number of anilines is 1. The van der Waals surface area contributed by atoms with E-state index in [1.165, 1.54) is 24.3 Å². The van der Waals surface area contributed by atoms with Crippen molar-refractivity contribution in [1.29, 1.82) is 0 Å². The van der Waals surface area contributed by atoms with E-state index in [4.69, 9.17) is 21.7 Å². The first-order valence-corrected chi connectivity index (χ1v) is 12.9. The molecule has 40 heavy (non-hydrogen) atoms. The molecule has 9 heteroatoms. The van der Waals surface area contributed by atoms with E-state index in [0.29, 0.717) is 30.3 Å².